The number of ether oxygens (including phenoxy) is 1. The molecule has 3 rings (SSSR count). The van der Waals surface area contributed by atoms with Crippen LogP contribution in [0.4, 0.5) is 0 Å². The summed E-state index contributed by atoms with van der Waals surface area (Å²) >= 11 is 0. The van der Waals surface area contributed by atoms with Crippen LogP contribution in [-0.2, 0) is 11.3 Å². The van der Waals surface area contributed by atoms with E-state index in [1.165, 1.54) is 25.7 Å². The Kier molecular flexibility index (Phi) is 4.95. The number of hydrogen-bond acceptors (Lipinski definition) is 4. The molecule has 122 valence electrons. The lowest BCUT2D eigenvalue weighted by Crippen LogP contribution is -2.24. The highest BCUT2D eigenvalue weighted by atomic mass is 16.5. The topological polar surface area (TPSA) is 64.4 Å². The van der Waals surface area contributed by atoms with E-state index < -0.39 is 0 Å². The molecule has 1 amide bonds. The van der Waals surface area contributed by atoms with Gasteiger partial charge in [0.1, 0.15) is 11.4 Å². The zero-order chi connectivity index (χ0) is 16.1. The minimum Gasteiger partial charge on any atom is -0.497 e. The summed E-state index contributed by atoms with van der Waals surface area (Å²) < 4.78 is 10.6. The molecule has 5 nitrogen and oxygen atoms in total. The van der Waals surface area contributed by atoms with Crippen molar-refractivity contribution >= 4 is 5.91 Å². The van der Waals surface area contributed by atoms with E-state index in [1.807, 2.05) is 30.3 Å². The summed E-state index contributed by atoms with van der Waals surface area (Å²) in [4.78, 5) is 11.9. The van der Waals surface area contributed by atoms with E-state index in [0.717, 1.165) is 17.0 Å². The Morgan fingerprint density at radius 1 is 1.35 bits per heavy atom. The second-order valence-corrected chi connectivity index (χ2v) is 6.05. The van der Waals surface area contributed by atoms with Crippen LogP contribution in [0.2, 0.25) is 0 Å². The van der Waals surface area contributed by atoms with Crippen molar-refractivity contribution in [3.63, 3.8) is 0 Å². The average molecular weight is 314 g/mol. The second kappa shape index (κ2) is 7.31. The molecule has 1 fully saturated rings. The van der Waals surface area contributed by atoms with Crippen LogP contribution in [0.1, 0.15) is 37.8 Å². The number of hydrogen-bond donors (Lipinski definition) is 1. The Morgan fingerprint density at radius 2 is 2.17 bits per heavy atom. The van der Waals surface area contributed by atoms with Gasteiger partial charge in [-0.1, -0.05) is 30.1 Å². The number of aromatic nitrogens is 1. The van der Waals surface area contributed by atoms with Crippen molar-refractivity contribution in [2.75, 3.05) is 7.11 Å². The van der Waals surface area contributed by atoms with Gasteiger partial charge in [0, 0.05) is 18.1 Å². The summed E-state index contributed by atoms with van der Waals surface area (Å²) in [5.74, 6) is 2.09. The van der Waals surface area contributed by atoms with E-state index in [2.05, 4.69) is 10.5 Å². The number of nitrogens with one attached hydrogen (secondary N) is 1. The van der Waals surface area contributed by atoms with Crippen molar-refractivity contribution in [3.8, 4) is 17.1 Å². The van der Waals surface area contributed by atoms with Crippen LogP contribution in [0.15, 0.2) is 34.9 Å². The number of amides is 1. The van der Waals surface area contributed by atoms with E-state index in [-0.39, 0.29) is 5.91 Å². The van der Waals surface area contributed by atoms with Crippen molar-refractivity contribution in [2.24, 2.45) is 5.92 Å². The molecule has 5 heteroatoms. The van der Waals surface area contributed by atoms with Gasteiger partial charge in [-0.3, -0.25) is 4.79 Å². The zero-order valence-corrected chi connectivity index (χ0v) is 13.4. The monoisotopic (exact) mass is 314 g/mol. The zero-order valence-electron chi connectivity index (χ0n) is 13.4. The molecule has 0 atom stereocenters. The minimum atomic E-state index is 0.0998. The van der Waals surface area contributed by atoms with Crippen molar-refractivity contribution in [3.05, 3.63) is 36.0 Å². The van der Waals surface area contributed by atoms with Crippen LogP contribution in [0.25, 0.3) is 11.3 Å². The molecule has 0 saturated heterocycles. The molecule has 1 N–H and O–H groups in total. The molecule has 23 heavy (non-hydrogen) atoms. The fourth-order valence-electron chi connectivity index (χ4n) is 3.05. The number of nitrogens with zero attached hydrogens (tertiary/aromatic N) is 1. The van der Waals surface area contributed by atoms with E-state index in [0.29, 0.717) is 24.6 Å². The molecule has 1 aromatic carbocycles. The first kappa shape index (κ1) is 15.6. The average Bonchev–Trinajstić information content (AvgIpc) is 3.24. The lowest BCUT2D eigenvalue weighted by Gasteiger charge is -2.08. The first-order valence-corrected chi connectivity index (χ1v) is 8.11. The van der Waals surface area contributed by atoms with Gasteiger partial charge in [-0.15, -0.1) is 0 Å². The Hall–Kier alpha value is -2.30. The molecule has 1 aliphatic carbocycles. The van der Waals surface area contributed by atoms with Gasteiger partial charge >= 0.3 is 0 Å². The van der Waals surface area contributed by atoms with Crippen molar-refractivity contribution < 1.29 is 14.1 Å². The standard InChI is InChI=1S/C18H22N2O3/c1-22-16-8-4-7-14(10-16)17-11-15(20-23-17)12-19-18(21)9-13-5-2-3-6-13/h4,7-8,10-11,13H,2-3,5-6,9,12H2,1H3,(H,19,21). The number of benzene rings is 1. The predicted octanol–water partition coefficient (Wildman–Crippen LogP) is 3.55. The van der Waals surface area contributed by atoms with Crippen molar-refractivity contribution in [1.29, 1.82) is 0 Å². The van der Waals surface area contributed by atoms with Gasteiger partial charge in [-0.2, -0.15) is 0 Å². The summed E-state index contributed by atoms with van der Waals surface area (Å²) in [6.07, 6.45) is 5.49. The Balaban J connectivity index is 1.55. The molecule has 2 aromatic rings. The number of methoxy groups -OCH3 is 1. The molecule has 1 aliphatic rings. The third kappa shape index (κ3) is 4.12. The smallest absolute Gasteiger partial charge is 0.220 e. The maximum absolute atomic E-state index is 11.9. The molecule has 1 heterocycles. The van der Waals surface area contributed by atoms with Gasteiger partial charge < -0.3 is 14.6 Å². The molecule has 0 radical (unpaired) electrons. The van der Waals surface area contributed by atoms with Crippen LogP contribution < -0.4 is 10.1 Å². The van der Waals surface area contributed by atoms with Crippen LogP contribution in [-0.4, -0.2) is 18.2 Å². The first-order chi connectivity index (χ1) is 11.2. The van der Waals surface area contributed by atoms with E-state index in [4.69, 9.17) is 9.26 Å². The third-order valence-corrected chi connectivity index (χ3v) is 4.33. The number of carbonyl (C=O) groups is 1. The normalized spacial score (nSPS) is 14.8. The van der Waals surface area contributed by atoms with E-state index >= 15 is 0 Å². The summed E-state index contributed by atoms with van der Waals surface area (Å²) in [6.45, 7) is 0.402. The molecule has 0 unspecified atom stereocenters. The third-order valence-electron chi connectivity index (χ3n) is 4.33. The van der Waals surface area contributed by atoms with Gasteiger partial charge in [-0.05, 0) is 30.9 Å². The number of carbonyl (C=O) groups excluding carboxylic acids is 1. The largest absolute Gasteiger partial charge is 0.497 e. The molecule has 0 aliphatic heterocycles. The van der Waals surface area contributed by atoms with Crippen LogP contribution in [0.3, 0.4) is 0 Å². The Morgan fingerprint density at radius 3 is 2.96 bits per heavy atom. The highest BCUT2D eigenvalue weighted by molar-refractivity contribution is 5.76. The molecular weight excluding hydrogens is 292 g/mol. The molecule has 1 saturated carbocycles. The van der Waals surface area contributed by atoms with Crippen LogP contribution in [0.5, 0.6) is 5.75 Å². The fraction of sp³-hybridized carbons (Fsp3) is 0.444. The van der Waals surface area contributed by atoms with Gasteiger partial charge in [0.25, 0.3) is 0 Å². The lowest BCUT2D eigenvalue weighted by atomic mass is 10.0. The minimum absolute atomic E-state index is 0.0998. The summed E-state index contributed by atoms with van der Waals surface area (Å²) in [5.41, 5.74) is 1.63. The lowest BCUT2D eigenvalue weighted by molar-refractivity contribution is -0.122. The fourth-order valence-corrected chi connectivity index (χ4v) is 3.05. The molecular formula is C18H22N2O3. The van der Waals surface area contributed by atoms with Gasteiger partial charge in [0.2, 0.25) is 5.91 Å². The van der Waals surface area contributed by atoms with Crippen LogP contribution in [0, 0.1) is 5.92 Å². The van der Waals surface area contributed by atoms with E-state index in [1.54, 1.807) is 7.11 Å². The predicted molar refractivity (Wildman–Crippen MR) is 86.9 cm³/mol. The maximum atomic E-state index is 11.9. The highest BCUT2D eigenvalue weighted by Crippen LogP contribution is 2.27. The van der Waals surface area contributed by atoms with Crippen molar-refractivity contribution in [1.82, 2.24) is 10.5 Å². The van der Waals surface area contributed by atoms with E-state index in [9.17, 15) is 4.79 Å². The van der Waals surface area contributed by atoms with Gasteiger partial charge in [-0.25, -0.2) is 0 Å². The Bertz CT molecular complexity index is 660. The Labute approximate surface area is 136 Å². The first-order valence-electron chi connectivity index (χ1n) is 8.11. The molecule has 1 aromatic heterocycles. The van der Waals surface area contributed by atoms with Gasteiger partial charge in [0.15, 0.2) is 5.76 Å². The quantitative estimate of drug-likeness (QED) is 0.885. The van der Waals surface area contributed by atoms with Crippen LogP contribution >= 0.6 is 0 Å². The summed E-state index contributed by atoms with van der Waals surface area (Å²) in [7, 11) is 1.63. The second-order valence-electron chi connectivity index (χ2n) is 6.05. The SMILES string of the molecule is COc1cccc(-c2cc(CNC(=O)CC3CCCC3)no2)c1. The van der Waals surface area contributed by atoms with Gasteiger partial charge in [0.05, 0.1) is 13.7 Å². The number of rotatable bonds is 6. The molecule has 0 bridgehead atoms. The highest BCUT2D eigenvalue weighted by Gasteiger charge is 2.18. The summed E-state index contributed by atoms with van der Waals surface area (Å²) in [5, 5.41) is 6.95. The maximum Gasteiger partial charge on any atom is 0.220 e. The van der Waals surface area contributed by atoms with Crippen molar-refractivity contribution in [2.45, 2.75) is 38.6 Å². The summed E-state index contributed by atoms with van der Waals surface area (Å²) in [6, 6.07) is 9.46. The molecule has 0 spiro atoms.